The van der Waals surface area contributed by atoms with Crippen LogP contribution >= 0.6 is 0 Å². The van der Waals surface area contributed by atoms with Crippen molar-refractivity contribution < 1.29 is 45.9 Å². The lowest BCUT2D eigenvalue weighted by Crippen LogP contribution is -2.33. The van der Waals surface area contributed by atoms with Gasteiger partial charge in [-0.05, 0) is 78.2 Å². The van der Waals surface area contributed by atoms with Gasteiger partial charge in [0.15, 0.2) is 5.82 Å². The van der Waals surface area contributed by atoms with E-state index in [-0.39, 0.29) is 39.9 Å². The van der Waals surface area contributed by atoms with Gasteiger partial charge in [0.25, 0.3) is 5.91 Å². The number of amides is 2. The summed E-state index contributed by atoms with van der Waals surface area (Å²) < 4.78 is 65.5. The van der Waals surface area contributed by atoms with E-state index in [2.05, 4.69) is 25.3 Å². The van der Waals surface area contributed by atoms with E-state index in [1.807, 2.05) is 74.1 Å². The number of nitrogens with one attached hydrogen (secondary N) is 4. The van der Waals surface area contributed by atoms with Gasteiger partial charge in [-0.25, -0.2) is 26.8 Å². The molecule has 68 heavy (non-hydrogen) atoms. The van der Waals surface area contributed by atoms with Gasteiger partial charge in [-0.3, -0.25) is 19.1 Å². The number of aromatic carboxylic acids is 1. The van der Waals surface area contributed by atoms with Crippen LogP contribution in [0.3, 0.4) is 0 Å². The van der Waals surface area contributed by atoms with Crippen molar-refractivity contribution in [3.8, 4) is 33.6 Å². The van der Waals surface area contributed by atoms with Gasteiger partial charge >= 0.3 is 0 Å². The van der Waals surface area contributed by atoms with Crippen LogP contribution in [0.2, 0.25) is 0 Å². The first-order chi connectivity index (χ1) is 32.4. The van der Waals surface area contributed by atoms with Crippen LogP contribution in [0, 0.1) is 11.6 Å². The van der Waals surface area contributed by atoms with Gasteiger partial charge in [0, 0.05) is 94.1 Å². The molecule has 1 aliphatic carbocycles. The van der Waals surface area contributed by atoms with Crippen LogP contribution in [0.1, 0.15) is 50.0 Å². The van der Waals surface area contributed by atoms with Crippen molar-refractivity contribution in [2.45, 2.75) is 13.3 Å². The highest BCUT2D eigenvalue weighted by molar-refractivity contribution is 7.92. The number of hydrogen-bond donors (Lipinski definition) is 4. The Hall–Kier alpha value is -8.25. The first kappa shape index (κ1) is 46.3. The summed E-state index contributed by atoms with van der Waals surface area (Å²) in [7, 11) is 3.65. The number of anilines is 3. The number of carbonyl (C=O) groups excluding carboxylic acids is 4. The molecule has 346 valence electrons. The zero-order chi connectivity index (χ0) is 48.6. The molecule has 18 heteroatoms. The predicted molar refractivity (Wildman–Crippen MR) is 254 cm³/mol. The molecule has 4 N–H and O–H groups in total. The van der Waals surface area contributed by atoms with Crippen molar-refractivity contribution >= 4 is 72.7 Å². The van der Waals surface area contributed by atoms with Crippen LogP contribution in [0.4, 0.5) is 25.8 Å². The fourth-order valence-electron chi connectivity index (χ4n) is 7.81. The van der Waals surface area contributed by atoms with E-state index in [1.54, 1.807) is 43.3 Å². The summed E-state index contributed by atoms with van der Waals surface area (Å²) in [6.45, 7) is 1.17. The monoisotopic (exact) mass is 939 g/mol. The number of nitrogens with zero attached hydrogens (tertiary/aromatic N) is 3. The minimum absolute atomic E-state index is 0.0133. The largest absolute Gasteiger partial charge is 0.545 e. The number of sulfonamides is 1. The standard InChI is InChI=1S/C50H43F2N7O8S/c1-6-19-68(65,66)57-40-18-17-39(51)45(46(40)52)47(61)38-25-54-48-36(38)21-29(24-53-48)27-7-10-30(11-8-27)56-43(60)26-55-49(62)28-9-14-33(37(20-28)50(63)64)44-34-15-12-31(58(2)3)22-41(34)67-42-23-32(59(4)5)13-16-35(42)44/h7-18,20-25,55,57H,6,19,26H2,1-5H3,(H2,62,63,64). The van der Waals surface area contributed by atoms with E-state index in [0.717, 1.165) is 23.2 Å². The fraction of sp³-hybridized carbons (Fsp3) is 0.160. The predicted octanol–water partition coefficient (Wildman–Crippen LogP) is 6.24. The van der Waals surface area contributed by atoms with Crippen molar-refractivity contribution in [3.05, 3.63) is 149 Å². The minimum atomic E-state index is -3.94. The smallest absolute Gasteiger partial charge is 0.251 e. The summed E-state index contributed by atoms with van der Waals surface area (Å²) in [5, 5.41) is 19.7. The number of hydrogen-bond acceptors (Lipinski definition) is 10. The summed E-state index contributed by atoms with van der Waals surface area (Å²) in [5.74, 6) is -6.13. The number of ketones is 1. The topological polar surface area (TPSA) is 210 Å². The van der Waals surface area contributed by atoms with Gasteiger partial charge in [-0.1, -0.05) is 25.1 Å². The number of carboxylic acid groups (broad SMARTS) is 1. The second-order valence-electron chi connectivity index (χ2n) is 16.3. The molecule has 8 rings (SSSR count). The van der Waals surface area contributed by atoms with Gasteiger partial charge in [0.2, 0.25) is 27.1 Å². The maximum Gasteiger partial charge on any atom is 0.251 e. The first-order valence-corrected chi connectivity index (χ1v) is 22.8. The van der Waals surface area contributed by atoms with E-state index in [4.69, 9.17) is 4.42 Å². The molecule has 4 aromatic carbocycles. The molecule has 15 nitrogen and oxygen atoms in total. The number of aromatic amines is 1. The Morgan fingerprint density at radius 1 is 0.853 bits per heavy atom. The second-order valence-corrected chi connectivity index (χ2v) is 18.2. The molecule has 6 aromatic rings. The number of halogens is 2. The van der Waals surface area contributed by atoms with Gasteiger partial charge in [-0.2, -0.15) is 0 Å². The summed E-state index contributed by atoms with van der Waals surface area (Å²) in [4.78, 5) is 61.8. The van der Waals surface area contributed by atoms with Crippen molar-refractivity contribution in [1.29, 1.82) is 0 Å². The van der Waals surface area contributed by atoms with Crippen LogP contribution < -0.4 is 35.3 Å². The number of rotatable bonds is 14. The zero-order valence-electron chi connectivity index (χ0n) is 37.3. The third-order valence-electron chi connectivity index (χ3n) is 11.2. The molecule has 0 spiro atoms. The molecule has 0 radical (unpaired) electrons. The third kappa shape index (κ3) is 9.26. The van der Waals surface area contributed by atoms with Gasteiger partial charge in [-0.15, -0.1) is 0 Å². The van der Waals surface area contributed by atoms with Gasteiger partial charge in [0.05, 0.1) is 35.6 Å². The molecule has 3 heterocycles. The Morgan fingerprint density at radius 2 is 1.60 bits per heavy atom. The van der Waals surface area contributed by atoms with E-state index in [1.165, 1.54) is 24.5 Å². The summed E-state index contributed by atoms with van der Waals surface area (Å²) >= 11 is 0. The van der Waals surface area contributed by atoms with E-state index in [0.29, 0.717) is 50.2 Å². The van der Waals surface area contributed by atoms with Gasteiger partial charge in [0.1, 0.15) is 36.9 Å². The molecule has 0 atom stereocenters. The Bertz CT molecular complexity index is 3510. The molecule has 0 fully saturated rings. The number of fused-ring (bicyclic) bond motifs is 3. The summed E-state index contributed by atoms with van der Waals surface area (Å²) in [5.41, 5.74) is 2.82. The molecule has 0 saturated carbocycles. The average Bonchev–Trinajstić information content (AvgIpc) is 3.74. The molecule has 0 unspecified atom stereocenters. The maximum absolute atomic E-state index is 15.5. The quantitative estimate of drug-likeness (QED) is 0.0548. The molecular weight excluding hydrogens is 897 g/mol. The van der Waals surface area contributed by atoms with Crippen molar-refractivity contribution in [2.24, 2.45) is 0 Å². The molecule has 0 saturated heterocycles. The number of benzene rings is 5. The lowest BCUT2D eigenvalue weighted by atomic mass is 9.89. The zero-order valence-corrected chi connectivity index (χ0v) is 38.1. The van der Waals surface area contributed by atoms with E-state index in [9.17, 15) is 37.1 Å². The molecule has 2 amide bonds. The maximum atomic E-state index is 15.5. The van der Waals surface area contributed by atoms with Crippen LogP contribution in [-0.2, 0) is 14.8 Å². The van der Waals surface area contributed by atoms with Crippen molar-refractivity contribution in [2.75, 3.05) is 55.4 Å². The molecular formula is C50H43F2N7O8S. The van der Waals surface area contributed by atoms with Crippen LogP contribution in [0.25, 0.3) is 55.6 Å². The van der Waals surface area contributed by atoms with E-state index < -0.39 is 63.0 Å². The minimum Gasteiger partial charge on any atom is -0.545 e. The van der Waals surface area contributed by atoms with Crippen LogP contribution in [0.15, 0.2) is 114 Å². The number of H-pyrrole nitrogens is 1. The number of aromatic nitrogens is 2. The number of pyridine rings is 1. The number of carbonyl (C=O) groups is 4. The highest BCUT2D eigenvalue weighted by atomic mass is 32.2. The highest BCUT2D eigenvalue weighted by Crippen LogP contribution is 2.42. The second kappa shape index (κ2) is 18.6. The third-order valence-corrected chi connectivity index (χ3v) is 12.7. The molecule has 1 aliphatic heterocycles. The lowest BCUT2D eigenvalue weighted by Gasteiger charge is -2.20. The Labute approximate surface area is 388 Å². The van der Waals surface area contributed by atoms with Crippen molar-refractivity contribution in [1.82, 2.24) is 19.9 Å². The average molecular weight is 940 g/mol. The fourth-order valence-corrected chi connectivity index (χ4v) is 8.94. The molecule has 2 aliphatic rings. The normalized spacial score (nSPS) is 11.5. The van der Waals surface area contributed by atoms with Crippen molar-refractivity contribution in [3.63, 3.8) is 0 Å². The lowest BCUT2D eigenvalue weighted by molar-refractivity contribution is -0.254. The van der Waals surface area contributed by atoms with E-state index >= 15 is 4.39 Å². The highest BCUT2D eigenvalue weighted by Gasteiger charge is 2.27. The molecule has 2 aromatic heterocycles. The first-order valence-electron chi connectivity index (χ1n) is 21.2. The van der Waals surface area contributed by atoms with Gasteiger partial charge < -0.3 is 34.8 Å². The van der Waals surface area contributed by atoms with Crippen LogP contribution in [-0.4, -0.2) is 82.4 Å². The van der Waals surface area contributed by atoms with Crippen LogP contribution in [0.5, 0.6) is 0 Å². The molecule has 0 bridgehead atoms. The Morgan fingerprint density at radius 3 is 2.31 bits per heavy atom. The Balaban J connectivity index is 0.975. The number of carboxylic acids is 1. The summed E-state index contributed by atoms with van der Waals surface area (Å²) in [6.07, 6.45) is 3.03. The SMILES string of the molecule is CCCS(=O)(=O)Nc1ccc(F)c(C(=O)c2c[nH]c3ncc(-c4ccc(NC(=O)CNC(=O)c5ccc(-c6c7ccc(=[N+](C)C)cc-7oc7cc(N(C)C)ccc67)c(C(=O)[O-])c5)cc4)cc23)c1F. The Kier molecular flexibility index (Phi) is 12.6. The summed E-state index contributed by atoms with van der Waals surface area (Å²) in [6, 6.07) is 25.3.